The molecule has 1 fully saturated rings. The van der Waals surface area contributed by atoms with Gasteiger partial charge in [-0.1, -0.05) is 91.0 Å². The second-order valence-electron chi connectivity index (χ2n) is 11.6. The number of rotatable bonds is 4. The van der Waals surface area contributed by atoms with E-state index in [1.807, 2.05) is 18.2 Å². The summed E-state index contributed by atoms with van der Waals surface area (Å²) < 4.78 is 19.6. The first-order chi connectivity index (χ1) is 19.3. The molecule has 1 aromatic heterocycles. The molecule has 0 unspecified atom stereocenters. The number of para-hydroxylation sites is 1. The van der Waals surface area contributed by atoms with Gasteiger partial charge in [0.1, 0.15) is 11.2 Å². The van der Waals surface area contributed by atoms with Gasteiger partial charge >= 0.3 is 7.12 Å². The van der Waals surface area contributed by atoms with Crippen LogP contribution in [0.1, 0.15) is 27.7 Å². The van der Waals surface area contributed by atoms with E-state index in [0.717, 1.165) is 60.8 Å². The van der Waals surface area contributed by atoms with Crippen LogP contribution in [0.2, 0.25) is 0 Å². The molecule has 0 spiro atoms. The average Bonchev–Trinajstić information content (AvgIpc) is 3.45. The molecule has 196 valence electrons. The minimum absolute atomic E-state index is 0.457. The molecular formula is C36H31BO3. The van der Waals surface area contributed by atoms with Gasteiger partial charge in [0.15, 0.2) is 0 Å². The standard InChI is InChI=1S/C36H31BO3/c1-35(2)36(3,4)40-37(39-35)31-22-27(24-13-7-5-8-14-24)21-30(34(31)25-15-9-6-10-16-25)26-19-20-29-28-17-11-12-18-32(28)38-33(29)23-26/h5-23H,1-4H3. The molecule has 0 atom stereocenters. The predicted molar refractivity (Wildman–Crippen MR) is 166 cm³/mol. The molecule has 3 nitrogen and oxygen atoms in total. The average molecular weight is 522 g/mol. The van der Waals surface area contributed by atoms with E-state index in [4.69, 9.17) is 13.7 Å². The third-order valence-electron chi connectivity index (χ3n) is 8.54. The maximum atomic E-state index is 6.66. The molecule has 7 rings (SSSR count). The van der Waals surface area contributed by atoms with Crippen LogP contribution in [0.5, 0.6) is 0 Å². The first-order valence-electron chi connectivity index (χ1n) is 13.9. The summed E-state index contributed by atoms with van der Waals surface area (Å²) in [6, 6.07) is 40.3. The van der Waals surface area contributed by atoms with Gasteiger partial charge in [-0.25, -0.2) is 0 Å². The van der Waals surface area contributed by atoms with Crippen molar-refractivity contribution >= 4 is 34.5 Å². The fourth-order valence-corrected chi connectivity index (χ4v) is 5.67. The van der Waals surface area contributed by atoms with Crippen LogP contribution in [0.15, 0.2) is 120 Å². The zero-order chi connectivity index (χ0) is 27.5. The minimum Gasteiger partial charge on any atom is -0.456 e. The molecule has 4 heteroatoms. The van der Waals surface area contributed by atoms with Crippen LogP contribution in [0.3, 0.4) is 0 Å². The Morgan fingerprint density at radius 3 is 1.80 bits per heavy atom. The Labute approximate surface area is 235 Å². The first-order valence-corrected chi connectivity index (χ1v) is 13.9. The van der Waals surface area contributed by atoms with Crippen LogP contribution in [0.25, 0.3) is 55.3 Å². The molecule has 1 aliphatic rings. The van der Waals surface area contributed by atoms with Crippen molar-refractivity contribution in [1.29, 1.82) is 0 Å². The molecule has 0 saturated carbocycles. The van der Waals surface area contributed by atoms with Gasteiger partial charge in [0.05, 0.1) is 11.2 Å². The molecule has 2 heterocycles. The summed E-state index contributed by atoms with van der Waals surface area (Å²) in [7, 11) is -0.516. The van der Waals surface area contributed by atoms with Crippen molar-refractivity contribution in [3.63, 3.8) is 0 Å². The lowest BCUT2D eigenvalue weighted by Gasteiger charge is -2.32. The number of hydrogen-bond donors (Lipinski definition) is 0. The van der Waals surface area contributed by atoms with E-state index in [9.17, 15) is 0 Å². The van der Waals surface area contributed by atoms with Crippen LogP contribution >= 0.6 is 0 Å². The number of hydrogen-bond acceptors (Lipinski definition) is 3. The van der Waals surface area contributed by atoms with E-state index >= 15 is 0 Å². The van der Waals surface area contributed by atoms with Gasteiger partial charge in [0.2, 0.25) is 0 Å². The minimum atomic E-state index is -0.516. The Morgan fingerprint density at radius 1 is 0.500 bits per heavy atom. The molecule has 0 amide bonds. The van der Waals surface area contributed by atoms with Gasteiger partial charge in [-0.15, -0.1) is 0 Å². The van der Waals surface area contributed by atoms with E-state index in [1.165, 1.54) is 0 Å². The monoisotopic (exact) mass is 522 g/mol. The Morgan fingerprint density at radius 2 is 1.10 bits per heavy atom. The Balaban J connectivity index is 1.52. The molecule has 1 aliphatic heterocycles. The topological polar surface area (TPSA) is 31.6 Å². The highest BCUT2D eigenvalue weighted by atomic mass is 16.7. The smallest absolute Gasteiger partial charge is 0.456 e. The van der Waals surface area contributed by atoms with Crippen molar-refractivity contribution in [2.75, 3.05) is 0 Å². The van der Waals surface area contributed by atoms with Crippen molar-refractivity contribution < 1.29 is 13.7 Å². The lowest BCUT2D eigenvalue weighted by molar-refractivity contribution is 0.00578. The van der Waals surface area contributed by atoms with Gasteiger partial charge in [-0.3, -0.25) is 0 Å². The van der Waals surface area contributed by atoms with Crippen LogP contribution in [0, 0.1) is 0 Å². The van der Waals surface area contributed by atoms with Crippen LogP contribution in [0.4, 0.5) is 0 Å². The van der Waals surface area contributed by atoms with Gasteiger partial charge in [0, 0.05) is 10.8 Å². The normalized spacial score (nSPS) is 16.1. The second kappa shape index (κ2) is 9.23. The summed E-state index contributed by atoms with van der Waals surface area (Å²) in [4.78, 5) is 0. The number of benzene rings is 5. The van der Waals surface area contributed by atoms with Crippen molar-refractivity contribution in [3.8, 4) is 33.4 Å². The summed E-state index contributed by atoms with van der Waals surface area (Å²) in [5, 5.41) is 2.24. The molecule has 0 aliphatic carbocycles. The fourth-order valence-electron chi connectivity index (χ4n) is 5.67. The van der Waals surface area contributed by atoms with Crippen LogP contribution in [-0.4, -0.2) is 18.3 Å². The zero-order valence-corrected chi connectivity index (χ0v) is 23.3. The van der Waals surface area contributed by atoms with Crippen molar-refractivity contribution in [2.24, 2.45) is 0 Å². The molecular weight excluding hydrogens is 491 g/mol. The third-order valence-corrected chi connectivity index (χ3v) is 8.54. The maximum absolute atomic E-state index is 6.66. The van der Waals surface area contributed by atoms with Gasteiger partial charge in [0.25, 0.3) is 0 Å². The SMILES string of the molecule is CC1(C)OB(c2cc(-c3ccccc3)cc(-c3ccc4c(c3)oc3ccccc34)c2-c2ccccc2)OC1(C)C. The Hall–Kier alpha value is -4.12. The lowest BCUT2D eigenvalue weighted by atomic mass is 9.71. The van der Waals surface area contributed by atoms with Crippen molar-refractivity contribution in [2.45, 2.75) is 38.9 Å². The van der Waals surface area contributed by atoms with E-state index in [2.05, 4.69) is 125 Å². The predicted octanol–water partition coefficient (Wildman–Crippen LogP) is 8.89. The maximum Gasteiger partial charge on any atom is 0.495 e. The van der Waals surface area contributed by atoms with Crippen molar-refractivity contribution in [3.05, 3.63) is 115 Å². The van der Waals surface area contributed by atoms with Gasteiger partial charge < -0.3 is 13.7 Å². The van der Waals surface area contributed by atoms with E-state index in [1.54, 1.807) is 0 Å². The van der Waals surface area contributed by atoms with E-state index < -0.39 is 18.3 Å². The number of furan rings is 1. The van der Waals surface area contributed by atoms with Crippen LogP contribution < -0.4 is 5.46 Å². The second-order valence-corrected chi connectivity index (χ2v) is 11.6. The molecule has 6 aromatic rings. The summed E-state index contributed by atoms with van der Waals surface area (Å²) in [6.45, 7) is 8.42. The highest BCUT2D eigenvalue weighted by molar-refractivity contribution is 6.64. The summed E-state index contributed by atoms with van der Waals surface area (Å²) in [5.74, 6) is 0. The Kier molecular flexibility index (Phi) is 5.74. The lowest BCUT2D eigenvalue weighted by Crippen LogP contribution is -2.41. The molecule has 40 heavy (non-hydrogen) atoms. The summed E-state index contributed by atoms with van der Waals surface area (Å²) >= 11 is 0. The third kappa shape index (κ3) is 4.07. The molecule has 5 aromatic carbocycles. The molecule has 0 radical (unpaired) electrons. The molecule has 0 N–H and O–H groups in total. The summed E-state index contributed by atoms with van der Waals surface area (Å²) in [5.41, 5.74) is 8.56. The fraction of sp³-hybridized carbons (Fsp3) is 0.167. The van der Waals surface area contributed by atoms with Gasteiger partial charge in [-0.05, 0) is 90.8 Å². The van der Waals surface area contributed by atoms with E-state index in [0.29, 0.717) is 0 Å². The van der Waals surface area contributed by atoms with Crippen LogP contribution in [-0.2, 0) is 9.31 Å². The zero-order valence-electron chi connectivity index (χ0n) is 23.3. The highest BCUT2D eigenvalue weighted by Crippen LogP contribution is 2.41. The summed E-state index contributed by atoms with van der Waals surface area (Å²) in [6.07, 6.45) is 0. The van der Waals surface area contributed by atoms with E-state index in [-0.39, 0.29) is 0 Å². The molecule has 0 bridgehead atoms. The van der Waals surface area contributed by atoms with Gasteiger partial charge in [-0.2, -0.15) is 0 Å². The Bertz CT molecular complexity index is 1840. The van der Waals surface area contributed by atoms with Crippen molar-refractivity contribution in [1.82, 2.24) is 0 Å². The number of fused-ring (bicyclic) bond motifs is 3. The quantitative estimate of drug-likeness (QED) is 0.217. The first kappa shape index (κ1) is 24.9. The largest absolute Gasteiger partial charge is 0.495 e. The highest BCUT2D eigenvalue weighted by Gasteiger charge is 2.52. The molecule has 1 saturated heterocycles.